The number of nitrogens with one attached hydrogen (secondary N) is 2. The summed E-state index contributed by atoms with van der Waals surface area (Å²) in [6.07, 6.45) is 2.54. The zero-order valence-electron chi connectivity index (χ0n) is 12.7. The van der Waals surface area contributed by atoms with E-state index in [9.17, 15) is 14.8 Å². The van der Waals surface area contributed by atoms with E-state index in [1.807, 2.05) is 42.5 Å². The number of hydrogen-bond donors (Lipinski definition) is 2. The summed E-state index contributed by atoms with van der Waals surface area (Å²) in [7, 11) is 0. The van der Waals surface area contributed by atoms with Crippen molar-refractivity contribution in [2.75, 3.05) is 0 Å². The number of fused-ring (bicyclic) bond motifs is 1. The molecule has 0 spiro atoms. The van der Waals surface area contributed by atoms with Gasteiger partial charge < -0.3 is 5.21 Å². The summed E-state index contributed by atoms with van der Waals surface area (Å²) < 4.78 is 0.521. The van der Waals surface area contributed by atoms with Crippen molar-refractivity contribution in [1.29, 1.82) is 0 Å². The maximum atomic E-state index is 12.1. The molecule has 120 valence electrons. The highest BCUT2D eigenvalue weighted by Crippen LogP contribution is 2.18. The summed E-state index contributed by atoms with van der Waals surface area (Å²) in [4.78, 5) is 24.0. The summed E-state index contributed by atoms with van der Waals surface area (Å²) in [6, 6.07) is 16.5. The van der Waals surface area contributed by atoms with Crippen molar-refractivity contribution >= 4 is 22.6 Å². The van der Waals surface area contributed by atoms with Gasteiger partial charge in [-0.3, -0.25) is 20.4 Å². The zero-order chi connectivity index (χ0) is 16.9. The number of rotatable bonds is 3. The van der Waals surface area contributed by atoms with E-state index in [0.717, 1.165) is 22.5 Å². The number of pyridine rings is 1. The molecule has 2 amide bonds. The van der Waals surface area contributed by atoms with Gasteiger partial charge in [0.05, 0.1) is 6.42 Å². The predicted octanol–water partition coefficient (Wildman–Crippen LogP) is 1.48. The second-order valence-electron chi connectivity index (χ2n) is 5.27. The van der Waals surface area contributed by atoms with Crippen LogP contribution in [-0.2, 0) is 11.2 Å². The molecular weight excluding hydrogens is 306 g/mol. The van der Waals surface area contributed by atoms with Gasteiger partial charge in [0, 0.05) is 6.07 Å². The van der Waals surface area contributed by atoms with Crippen LogP contribution in [0, 0.1) is 5.21 Å². The molecule has 2 aromatic carbocycles. The third kappa shape index (κ3) is 3.49. The number of amides is 2. The van der Waals surface area contributed by atoms with E-state index in [1.165, 1.54) is 18.3 Å². The number of nitrogens with zero attached hydrogens (tertiary/aromatic N) is 1. The third-order valence-corrected chi connectivity index (χ3v) is 3.58. The highest BCUT2D eigenvalue weighted by atomic mass is 16.5. The first kappa shape index (κ1) is 15.5. The Morgan fingerprint density at radius 1 is 0.958 bits per heavy atom. The van der Waals surface area contributed by atoms with E-state index in [-0.39, 0.29) is 17.9 Å². The van der Waals surface area contributed by atoms with E-state index in [0.29, 0.717) is 4.73 Å². The molecule has 24 heavy (non-hydrogen) atoms. The minimum atomic E-state index is -0.550. The number of carbonyl (C=O) groups excluding carboxylic acids is 2. The monoisotopic (exact) mass is 321 g/mol. The van der Waals surface area contributed by atoms with Crippen LogP contribution in [0.3, 0.4) is 0 Å². The minimum Gasteiger partial charge on any atom is -0.619 e. The van der Waals surface area contributed by atoms with Crippen molar-refractivity contribution in [3.63, 3.8) is 0 Å². The molecule has 0 bridgehead atoms. The van der Waals surface area contributed by atoms with Gasteiger partial charge in [-0.2, -0.15) is 4.73 Å². The van der Waals surface area contributed by atoms with E-state index < -0.39 is 5.91 Å². The lowest BCUT2D eigenvalue weighted by Gasteiger charge is -2.09. The van der Waals surface area contributed by atoms with Crippen LogP contribution in [0.2, 0.25) is 0 Å². The molecule has 0 fully saturated rings. The smallest absolute Gasteiger partial charge is 0.275 e. The van der Waals surface area contributed by atoms with Gasteiger partial charge in [0.25, 0.3) is 5.91 Å². The lowest BCUT2D eigenvalue weighted by Crippen LogP contribution is -2.43. The van der Waals surface area contributed by atoms with Crippen molar-refractivity contribution in [3.05, 3.63) is 83.3 Å². The number of hydrogen-bond acceptors (Lipinski definition) is 3. The van der Waals surface area contributed by atoms with Crippen molar-refractivity contribution in [2.45, 2.75) is 6.42 Å². The molecule has 3 aromatic rings. The molecule has 0 saturated carbocycles. The molecule has 0 saturated heterocycles. The SMILES string of the molecule is O=C(Cc1cccc2ccccc12)NNC(=O)c1ccc[n+]([O-])c1. The summed E-state index contributed by atoms with van der Waals surface area (Å²) in [5.74, 6) is -0.892. The fraction of sp³-hybridized carbons (Fsp3) is 0.0556. The first-order chi connectivity index (χ1) is 11.6. The van der Waals surface area contributed by atoms with Crippen molar-refractivity contribution in [2.24, 2.45) is 0 Å². The van der Waals surface area contributed by atoms with Crippen LogP contribution in [0.4, 0.5) is 0 Å². The second kappa shape index (κ2) is 6.78. The highest BCUT2D eigenvalue weighted by Gasteiger charge is 2.11. The molecule has 0 unspecified atom stereocenters. The molecule has 0 aliphatic heterocycles. The largest absolute Gasteiger partial charge is 0.619 e. The van der Waals surface area contributed by atoms with Crippen molar-refractivity contribution < 1.29 is 14.3 Å². The normalized spacial score (nSPS) is 10.3. The Labute approximate surface area is 138 Å². The standard InChI is InChI=1S/C18H15N3O3/c22-17(19-20-18(23)15-8-4-10-21(24)12-15)11-14-7-3-6-13-5-1-2-9-16(13)14/h1-10,12H,11H2,(H,19,22)(H,20,23). The van der Waals surface area contributed by atoms with Crippen LogP contribution in [0.1, 0.15) is 15.9 Å². The Balaban J connectivity index is 1.64. The summed E-state index contributed by atoms with van der Waals surface area (Å²) in [5.41, 5.74) is 5.70. The predicted molar refractivity (Wildman–Crippen MR) is 88.7 cm³/mol. The molecule has 3 rings (SSSR count). The second-order valence-corrected chi connectivity index (χ2v) is 5.27. The molecule has 2 N–H and O–H groups in total. The Morgan fingerprint density at radius 3 is 2.58 bits per heavy atom. The van der Waals surface area contributed by atoms with Gasteiger partial charge in [-0.15, -0.1) is 0 Å². The van der Waals surface area contributed by atoms with Gasteiger partial charge >= 0.3 is 0 Å². The molecule has 1 heterocycles. The average molecular weight is 321 g/mol. The van der Waals surface area contributed by atoms with Crippen LogP contribution in [0.25, 0.3) is 10.8 Å². The van der Waals surface area contributed by atoms with Gasteiger partial charge in [0.15, 0.2) is 12.4 Å². The van der Waals surface area contributed by atoms with Crippen molar-refractivity contribution in [1.82, 2.24) is 10.9 Å². The minimum absolute atomic E-state index is 0.137. The fourth-order valence-corrected chi connectivity index (χ4v) is 2.45. The molecule has 0 aliphatic rings. The number of carbonyl (C=O) groups is 2. The Hall–Kier alpha value is -3.41. The Morgan fingerprint density at radius 2 is 1.75 bits per heavy atom. The lowest BCUT2D eigenvalue weighted by molar-refractivity contribution is -0.605. The quantitative estimate of drug-likeness (QED) is 0.435. The molecule has 0 atom stereocenters. The van der Waals surface area contributed by atoms with Crippen LogP contribution in [-0.4, -0.2) is 11.8 Å². The Bertz CT molecular complexity index is 903. The van der Waals surface area contributed by atoms with Gasteiger partial charge in [-0.05, 0) is 22.4 Å². The molecular formula is C18H15N3O3. The fourth-order valence-electron chi connectivity index (χ4n) is 2.45. The summed E-state index contributed by atoms with van der Waals surface area (Å²) in [6.45, 7) is 0. The van der Waals surface area contributed by atoms with Gasteiger partial charge in [0.1, 0.15) is 5.56 Å². The Kier molecular flexibility index (Phi) is 4.38. The van der Waals surface area contributed by atoms with E-state index in [1.54, 1.807) is 0 Å². The summed E-state index contributed by atoms with van der Waals surface area (Å²) >= 11 is 0. The van der Waals surface area contributed by atoms with Crippen LogP contribution in [0.15, 0.2) is 67.0 Å². The molecule has 6 heteroatoms. The van der Waals surface area contributed by atoms with Crippen molar-refractivity contribution in [3.8, 4) is 0 Å². The number of aromatic nitrogens is 1. The number of hydrazine groups is 1. The van der Waals surface area contributed by atoms with Crippen LogP contribution < -0.4 is 15.6 Å². The van der Waals surface area contributed by atoms with Crippen LogP contribution >= 0.6 is 0 Å². The average Bonchev–Trinajstić information content (AvgIpc) is 2.60. The maximum absolute atomic E-state index is 12.1. The van der Waals surface area contributed by atoms with Gasteiger partial charge in [0.2, 0.25) is 5.91 Å². The van der Waals surface area contributed by atoms with Gasteiger partial charge in [-0.1, -0.05) is 42.5 Å². The first-order valence-corrected chi connectivity index (χ1v) is 7.38. The lowest BCUT2D eigenvalue weighted by atomic mass is 10.0. The van der Waals surface area contributed by atoms with Crippen LogP contribution in [0.5, 0.6) is 0 Å². The zero-order valence-corrected chi connectivity index (χ0v) is 12.7. The molecule has 0 aliphatic carbocycles. The number of benzene rings is 2. The summed E-state index contributed by atoms with van der Waals surface area (Å²) in [5, 5.41) is 13.2. The topological polar surface area (TPSA) is 85.1 Å². The highest BCUT2D eigenvalue weighted by molar-refractivity contribution is 5.95. The maximum Gasteiger partial charge on any atom is 0.275 e. The first-order valence-electron chi connectivity index (χ1n) is 7.38. The molecule has 0 radical (unpaired) electrons. The molecule has 1 aromatic heterocycles. The third-order valence-electron chi connectivity index (χ3n) is 3.58. The van der Waals surface area contributed by atoms with E-state index >= 15 is 0 Å². The van der Waals surface area contributed by atoms with E-state index in [2.05, 4.69) is 10.9 Å². The molecule has 6 nitrogen and oxygen atoms in total. The van der Waals surface area contributed by atoms with E-state index in [4.69, 9.17) is 0 Å². The van der Waals surface area contributed by atoms with Gasteiger partial charge in [-0.25, -0.2) is 0 Å².